The van der Waals surface area contributed by atoms with Crippen LogP contribution in [0.15, 0.2) is 42.5 Å². The normalized spacial score (nSPS) is 11.3. The van der Waals surface area contributed by atoms with E-state index in [0.29, 0.717) is 29.4 Å². The van der Waals surface area contributed by atoms with Gasteiger partial charge in [-0.2, -0.15) is 0 Å². The average molecular weight is 342 g/mol. The van der Waals surface area contributed by atoms with Crippen LogP contribution >= 0.6 is 12.4 Å². The quantitative estimate of drug-likeness (QED) is 0.834. The van der Waals surface area contributed by atoms with Crippen molar-refractivity contribution in [1.29, 1.82) is 0 Å². The van der Waals surface area contributed by atoms with E-state index in [1.54, 1.807) is 12.1 Å². The van der Waals surface area contributed by atoms with Gasteiger partial charge >= 0.3 is 0 Å². The number of ether oxygens (including phenoxy) is 3. The average Bonchev–Trinajstić information content (AvgIpc) is 2.59. The minimum atomic E-state index is -0.773. The molecule has 0 amide bonds. The molecule has 0 saturated heterocycles. The van der Waals surface area contributed by atoms with Crippen LogP contribution < -0.4 is 19.9 Å². The molecule has 0 spiro atoms. The standard InChI is InChI=1S/C17H20FNO3.ClH/c1-20-16-8-13(14(19)10-18)15(9-17(16)21-2)22-11-12-6-4-3-5-7-12;/h3-9,14H,10-11,19H2,1-2H3;1H/t14-;/m0./s1. The second-order valence-corrected chi connectivity index (χ2v) is 4.78. The molecular weight excluding hydrogens is 321 g/mol. The van der Waals surface area contributed by atoms with Crippen molar-refractivity contribution in [3.63, 3.8) is 0 Å². The van der Waals surface area contributed by atoms with Crippen LogP contribution in [0.2, 0.25) is 0 Å². The molecule has 0 bridgehead atoms. The van der Waals surface area contributed by atoms with Gasteiger partial charge in [-0.1, -0.05) is 30.3 Å². The smallest absolute Gasteiger partial charge is 0.164 e. The summed E-state index contributed by atoms with van der Waals surface area (Å²) in [5.74, 6) is 1.50. The van der Waals surface area contributed by atoms with Gasteiger partial charge in [0, 0.05) is 11.6 Å². The summed E-state index contributed by atoms with van der Waals surface area (Å²) < 4.78 is 29.3. The summed E-state index contributed by atoms with van der Waals surface area (Å²) in [6.45, 7) is -0.320. The van der Waals surface area contributed by atoms with Crippen LogP contribution in [-0.4, -0.2) is 20.9 Å². The van der Waals surface area contributed by atoms with Gasteiger partial charge in [0.15, 0.2) is 11.5 Å². The van der Waals surface area contributed by atoms with Crippen LogP contribution in [-0.2, 0) is 6.61 Å². The number of hydrogen-bond donors (Lipinski definition) is 1. The van der Waals surface area contributed by atoms with E-state index in [0.717, 1.165) is 5.56 Å². The molecule has 0 saturated carbocycles. The summed E-state index contributed by atoms with van der Waals surface area (Å²) in [6.07, 6.45) is 0. The van der Waals surface area contributed by atoms with Crippen molar-refractivity contribution in [2.75, 3.05) is 20.9 Å². The van der Waals surface area contributed by atoms with Crippen LogP contribution in [0.3, 0.4) is 0 Å². The van der Waals surface area contributed by atoms with Crippen molar-refractivity contribution >= 4 is 12.4 Å². The summed E-state index contributed by atoms with van der Waals surface area (Å²) in [7, 11) is 3.06. The van der Waals surface area contributed by atoms with Crippen molar-refractivity contribution in [3.05, 3.63) is 53.6 Å². The topological polar surface area (TPSA) is 53.7 Å². The van der Waals surface area contributed by atoms with E-state index < -0.39 is 12.7 Å². The second kappa shape index (κ2) is 9.22. The molecule has 126 valence electrons. The third-order valence-corrected chi connectivity index (χ3v) is 3.32. The molecule has 4 nitrogen and oxygen atoms in total. The maximum Gasteiger partial charge on any atom is 0.164 e. The van der Waals surface area contributed by atoms with E-state index in [-0.39, 0.29) is 12.4 Å². The fourth-order valence-corrected chi connectivity index (χ4v) is 2.11. The number of hydrogen-bond acceptors (Lipinski definition) is 4. The summed E-state index contributed by atoms with van der Waals surface area (Å²) in [6, 6.07) is 12.3. The minimum absolute atomic E-state index is 0. The lowest BCUT2D eigenvalue weighted by Crippen LogP contribution is -2.14. The minimum Gasteiger partial charge on any atom is -0.493 e. The molecule has 0 aliphatic carbocycles. The van der Waals surface area contributed by atoms with Crippen LogP contribution in [0.4, 0.5) is 4.39 Å². The van der Waals surface area contributed by atoms with Crippen molar-refractivity contribution in [3.8, 4) is 17.2 Å². The third kappa shape index (κ3) is 4.74. The molecule has 0 radical (unpaired) electrons. The van der Waals surface area contributed by atoms with E-state index in [2.05, 4.69) is 0 Å². The predicted octanol–water partition coefficient (Wildman–Crippen LogP) is 3.67. The highest BCUT2D eigenvalue weighted by Gasteiger charge is 2.17. The second-order valence-electron chi connectivity index (χ2n) is 4.78. The fraction of sp³-hybridized carbons (Fsp3) is 0.294. The lowest BCUT2D eigenvalue weighted by Gasteiger charge is -2.18. The van der Waals surface area contributed by atoms with Gasteiger partial charge in [0.2, 0.25) is 0 Å². The first-order valence-electron chi connectivity index (χ1n) is 6.93. The molecule has 0 heterocycles. The van der Waals surface area contributed by atoms with Crippen molar-refractivity contribution in [2.24, 2.45) is 5.73 Å². The highest BCUT2D eigenvalue weighted by Crippen LogP contribution is 2.37. The Bertz CT molecular complexity index is 610. The Balaban J connectivity index is 0.00000264. The Labute approximate surface area is 141 Å². The van der Waals surface area contributed by atoms with E-state index >= 15 is 0 Å². The summed E-state index contributed by atoms with van der Waals surface area (Å²) in [4.78, 5) is 0. The van der Waals surface area contributed by atoms with Gasteiger partial charge < -0.3 is 19.9 Å². The molecule has 0 aliphatic heterocycles. The van der Waals surface area contributed by atoms with Crippen LogP contribution in [0, 0.1) is 0 Å². The first-order valence-corrected chi connectivity index (χ1v) is 6.93. The zero-order valence-corrected chi connectivity index (χ0v) is 13.9. The third-order valence-electron chi connectivity index (χ3n) is 3.32. The molecule has 0 fully saturated rings. The Hall–Kier alpha value is -1.98. The number of benzene rings is 2. The molecule has 6 heteroatoms. The maximum atomic E-state index is 13.0. The van der Waals surface area contributed by atoms with E-state index in [9.17, 15) is 4.39 Å². The SMILES string of the molecule is COc1cc(OCc2ccccc2)c([C@@H](N)CF)cc1OC.Cl. The first kappa shape index (κ1) is 19.1. The Morgan fingerprint density at radius 3 is 2.17 bits per heavy atom. The number of methoxy groups -OCH3 is 2. The van der Waals surface area contributed by atoms with Gasteiger partial charge in [-0.15, -0.1) is 12.4 Å². The molecule has 0 unspecified atom stereocenters. The molecule has 0 aromatic heterocycles. The van der Waals surface area contributed by atoms with Gasteiger partial charge in [0.1, 0.15) is 19.0 Å². The molecular formula is C17H21ClFNO3. The highest BCUT2D eigenvalue weighted by molar-refractivity contribution is 5.85. The number of nitrogens with two attached hydrogens (primary N) is 1. The van der Waals surface area contributed by atoms with Gasteiger partial charge in [-0.25, -0.2) is 4.39 Å². The predicted molar refractivity (Wildman–Crippen MR) is 90.5 cm³/mol. The number of halogens is 2. The van der Waals surface area contributed by atoms with Crippen LogP contribution in [0.5, 0.6) is 17.2 Å². The molecule has 0 aliphatic rings. The zero-order valence-electron chi connectivity index (χ0n) is 13.1. The lowest BCUT2D eigenvalue weighted by atomic mass is 10.1. The van der Waals surface area contributed by atoms with Gasteiger partial charge in [-0.3, -0.25) is 0 Å². The zero-order chi connectivity index (χ0) is 15.9. The van der Waals surface area contributed by atoms with E-state index in [1.165, 1.54) is 14.2 Å². The molecule has 1 atom stereocenters. The van der Waals surface area contributed by atoms with E-state index in [1.807, 2.05) is 30.3 Å². The Kier molecular flexibility index (Phi) is 7.65. The van der Waals surface area contributed by atoms with Crippen LogP contribution in [0.25, 0.3) is 0 Å². The lowest BCUT2D eigenvalue weighted by molar-refractivity contribution is 0.292. The van der Waals surface area contributed by atoms with E-state index in [4.69, 9.17) is 19.9 Å². The molecule has 2 rings (SSSR count). The van der Waals surface area contributed by atoms with Crippen LogP contribution in [0.1, 0.15) is 17.2 Å². The summed E-state index contributed by atoms with van der Waals surface area (Å²) in [5.41, 5.74) is 7.39. The monoisotopic (exact) mass is 341 g/mol. The van der Waals surface area contributed by atoms with Crippen molar-refractivity contribution < 1.29 is 18.6 Å². The van der Waals surface area contributed by atoms with Gasteiger partial charge in [-0.05, 0) is 11.6 Å². The first-order chi connectivity index (χ1) is 10.7. The van der Waals surface area contributed by atoms with Gasteiger partial charge in [0.05, 0.1) is 20.3 Å². The van der Waals surface area contributed by atoms with Crippen molar-refractivity contribution in [2.45, 2.75) is 12.6 Å². The highest BCUT2D eigenvalue weighted by atomic mass is 35.5. The Morgan fingerprint density at radius 1 is 1.00 bits per heavy atom. The van der Waals surface area contributed by atoms with Crippen molar-refractivity contribution in [1.82, 2.24) is 0 Å². The number of alkyl halides is 1. The summed E-state index contributed by atoms with van der Waals surface area (Å²) >= 11 is 0. The Morgan fingerprint density at radius 2 is 1.61 bits per heavy atom. The fourth-order valence-electron chi connectivity index (χ4n) is 2.11. The summed E-state index contributed by atoms with van der Waals surface area (Å²) in [5, 5.41) is 0. The molecule has 23 heavy (non-hydrogen) atoms. The van der Waals surface area contributed by atoms with Gasteiger partial charge in [0.25, 0.3) is 0 Å². The molecule has 2 N–H and O–H groups in total. The maximum absolute atomic E-state index is 13.0. The molecule has 2 aromatic carbocycles. The largest absolute Gasteiger partial charge is 0.493 e. The molecule has 2 aromatic rings. The number of rotatable bonds is 7.